The van der Waals surface area contributed by atoms with Gasteiger partial charge in [-0.15, -0.1) is 0 Å². The van der Waals surface area contributed by atoms with E-state index in [-0.39, 0.29) is 4.32 Å². The number of thiocarbonyl (C=S) groups is 1. The second-order valence-corrected chi connectivity index (χ2v) is 8.28. The molecule has 1 saturated heterocycles. The maximum absolute atomic E-state index is 12.7. The second-order valence-electron chi connectivity index (χ2n) is 6.60. The normalized spacial score (nSPS) is 15.0. The Morgan fingerprint density at radius 2 is 1.90 bits per heavy atom. The molecule has 0 spiro atoms. The van der Waals surface area contributed by atoms with E-state index in [0.717, 1.165) is 33.7 Å². The molecule has 2 heterocycles. The van der Waals surface area contributed by atoms with Gasteiger partial charge in [0.1, 0.15) is 16.6 Å². The molecule has 9 heteroatoms. The first-order valence-corrected chi connectivity index (χ1v) is 10.5. The van der Waals surface area contributed by atoms with Crippen LogP contribution in [0.3, 0.4) is 0 Å². The Hall–Kier alpha value is -3.43. The summed E-state index contributed by atoms with van der Waals surface area (Å²) in [4.78, 5) is 25.2. The molecule has 31 heavy (non-hydrogen) atoms. The van der Waals surface area contributed by atoms with Crippen LogP contribution in [0, 0.1) is 0 Å². The summed E-state index contributed by atoms with van der Waals surface area (Å²) in [6.45, 7) is -0.462. The summed E-state index contributed by atoms with van der Waals surface area (Å²) in [5.41, 5.74) is 3.11. The van der Waals surface area contributed by atoms with Crippen LogP contribution >= 0.6 is 24.0 Å². The van der Waals surface area contributed by atoms with Crippen molar-refractivity contribution in [3.63, 3.8) is 0 Å². The fraction of sp³-hybridized carbons (Fsp3) is 0.0909. The number of hydrogen-bond donors (Lipinski definition) is 1. The van der Waals surface area contributed by atoms with Crippen LogP contribution in [0.25, 0.3) is 23.0 Å². The summed E-state index contributed by atoms with van der Waals surface area (Å²) in [6, 6.07) is 17.1. The van der Waals surface area contributed by atoms with E-state index in [4.69, 9.17) is 27.2 Å². The van der Waals surface area contributed by atoms with Gasteiger partial charge in [0.15, 0.2) is 0 Å². The highest BCUT2D eigenvalue weighted by Gasteiger charge is 2.33. The first-order chi connectivity index (χ1) is 15.0. The van der Waals surface area contributed by atoms with E-state index in [1.165, 1.54) is 0 Å². The smallest absolute Gasteiger partial charge is 0.323 e. The summed E-state index contributed by atoms with van der Waals surface area (Å²) < 4.78 is 7.20. The van der Waals surface area contributed by atoms with Crippen molar-refractivity contribution in [1.82, 2.24) is 14.7 Å². The average Bonchev–Trinajstić information content (AvgIpc) is 3.31. The number of rotatable bonds is 6. The van der Waals surface area contributed by atoms with Gasteiger partial charge in [-0.2, -0.15) is 5.10 Å². The number of carboxylic acids is 1. The molecule has 1 amide bonds. The van der Waals surface area contributed by atoms with E-state index in [0.29, 0.717) is 16.2 Å². The second kappa shape index (κ2) is 8.75. The van der Waals surface area contributed by atoms with E-state index in [2.05, 4.69) is 0 Å². The molecule has 0 aliphatic carbocycles. The number of nitrogens with zero attached hydrogens (tertiary/aromatic N) is 3. The van der Waals surface area contributed by atoms with Crippen LogP contribution in [0.4, 0.5) is 0 Å². The molecule has 1 fully saturated rings. The summed E-state index contributed by atoms with van der Waals surface area (Å²) >= 11 is 6.28. The molecule has 156 valence electrons. The molecule has 1 N–H and O–H groups in total. The molecule has 4 rings (SSSR count). The van der Waals surface area contributed by atoms with Gasteiger partial charge in [-0.3, -0.25) is 14.5 Å². The minimum atomic E-state index is -1.12. The van der Waals surface area contributed by atoms with Crippen molar-refractivity contribution >= 4 is 46.3 Å². The number of hydrogen-bond acceptors (Lipinski definition) is 6. The molecule has 1 aliphatic heterocycles. The molecule has 0 bridgehead atoms. The zero-order valence-corrected chi connectivity index (χ0v) is 18.0. The van der Waals surface area contributed by atoms with Crippen LogP contribution < -0.4 is 4.74 Å². The van der Waals surface area contributed by atoms with Gasteiger partial charge in [-0.1, -0.05) is 42.2 Å². The number of aromatic nitrogens is 2. The molecular weight excluding hydrogens is 434 g/mol. The average molecular weight is 452 g/mol. The molecule has 0 atom stereocenters. The topological polar surface area (TPSA) is 84.7 Å². The highest BCUT2D eigenvalue weighted by Crippen LogP contribution is 2.35. The molecule has 0 saturated carbocycles. The van der Waals surface area contributed by atoms with Crippen molar-refractivity contribution in [3.05, 3.63) is 71.3 Å². The monoisotopic (exact) mass is 451 g/mol. The first kappa shape index (κ1) is 20.8. The molecule has 1 aliphatic rings. The zero-order chi connectivity index (χ0) is 22.0. The number of methoxy groups -OCH3 is 1. The van der Waals surface area contributed by atoms with Crippen molar-refractivity contribution in [2.45, 2.75) is 0 Å². The molecule has 0 unspecified atom stereocenters. The summed E-state index contributed by atoms with van der Waals surface area (Å²) in [7, 11) is 1.60. The fourth-order valence-electron chi connectivity index (χ4n) is 3.09. The standard InChI is InChI=1S/C22H17N3O4S2/c1-29-17-9-7-14(8-10-17)20-15(12-25(23-20)16-5-3-2-4-6-16)11-18-21(28)24(13-19(26)27)22(30)31-18/h2-12H,13H2,1H3,(H,26,27)/b18-11-. The molecule has 1 aromatic heterocycles. The van der Waals surface area contributed by atoms with Gasteiger partial charge < -0.3 is 9.84 Å². The van der Waals surface area contributed by atoms with Crippen LogP contribution in [0.1, 0.15) is 5.56 Å². The Bertz CT molecular complexity index is 1190. The number of carboxylic acid groups (broad SMARTS) is 1. The predicted octanol–water partition coefficient (Wildman–Crippen LogP) is 3.83. The highest BCUT2D eigenvalue weighted by atomic mass is 32.2. The number of aliphatic carboxylic acids is 1. The number of carbonyl (C=O) groups excluding carboxylic acids is 1. The van der Waals surface area contributed by atoms with Crippen LogP contribution in [0.5, 0.6) is 5.75 Å². The van der Waals surface area contributed by atoms with Gasteiger partial charge in [0.2, 0.25) is 0 Å². The lowest BCUT2D eigenvalue weighted by molar-refractivity contribution is -0.140. The van der Waals surface area contributed by atoms with Gasteiger partial charge in [-0.05, 0) is 42.5 Å². The lowest BCUT2D eigenvalue weighted by Gasteiger charge is -2.10. The number of amides is 1. The molecule has 3 aromatic rings. The largest absolute Gasteiger partial charge is 0.497 e. The van der Waals surface area contributed by atoms with Crippen molar-refractivity contribution in [2.75, 3.05) is 13.7 Å². The quantitative estimate of drug-likeness (QED) is 0.450. The minimum absolute atomic E-state index is 0.222. The molecular formula is C22H17N3O4S2. The van der Waals surface area contributed by atoms with Crippen molar-refractivity contribution in [1.29, 1.82) is 0 Å². The maximum Gasteiger partial charge on any atom is 0.323 e. The van der Waals surface area contributed by atoms with E-state index in [1.807, 2.05) is 60.8 Å². The van der Waals surface area contributed by atoms with Crippen LogP contribution in [0.2, 0.25) is 0 Å². The SMILES string of the molecule is COc1ccc(-c2nn(-c3ccccc3)cc2/C=C2\SC(=S)N(CC(=O)O)C2=O)cc1. The predicted molar refractivity (Wildman–Crippen MR) is 123 cm³/mol. The summed E-state index contributed by atoms with van der Waals surface area (Å²) in [5, 5.41) is 13.8. The number of thioether (sulfide) groups is 1. The number of ether oxygens (including phenoxy) is 1. The van der Waals surface area contributed by atoms with Gasteiger partial charge in [0.25, 0.3) is 5.91 Å². The van der Waals surface area contributed by atoms with E-state index in [1.54, 1.807) is 17.9 Å². The van der Waals surface area contributed by atoms with Gasteiger partial charge in [-0.25, -0.2) is 4.68 Å². The lowest BCUT2D eigenvalue weighted by atomic mass is 10.1. The Kier molecular flexibility index (Phi) is 5.88. The third-order valence-corrected chi connectivity index (χ3v) is 5.96. The Morgan fingerprint density at radius 1 is 1.19 bits per heavy atom. The number of para-hydroxylation sites is 1. The maximum atomic E-state index is 12.7. The number of carbonyl (C=O) groups is 2. The third-order valence-electron chi connectivity index (χ3n) is 4.58. The van der Waals surface area contributed by atoms with Crippen molar-refractivity contribution in [2.24, 2.45) is 0 Å². The van der Waals surface area contributed by atoms with E-state index < -0.39 is 18.4 Å². The fourth-order valence-corrected chi connectivity index (χ4v) is 4.34. The van der Waals surface area contributed by atoms with Crippen molar-refractivity contribution in [3.8, 4) is 22.7 Å². The van der Waals surface area contributed by atoms with E-state index in [9.17, 15) is 9.59 Å². The number of benzene rings is 2. The zero-order valence-electron chi connectivity index (χ0n) is 16.4. The Labute approximate surface area is 187 Å². The molecule has 0 radical (unpaired) electrons. The van der Waals surface area contributed by atoms with Gasteiger partial charge in [0, 0.05) is 17.3 Å². The van der Waals surface area contributed by atoms with Gasteiger partial charge in [0.05, 0.1) is 23.4 Å². The Morgan fingerprint density at radius 3 is 2.55 bits per heavy atom. The first-order valence-electron chi connectivity index (χ1n) is 9.23. The third kappa shape index (κ3) is 4.37. The molecule has 7 nitrogen and oxygen atoms in total. The van der Waals surface area contributed by atoms with Crippen LogP contribution in [0.15, 0.2) is 65.7 Å². The van der Waals surface area contributed by atoms with Crippen LogP contribution in [-0.2, 0) is 9.59 Å². The van der Waals surface area contributed by atoms with Crippen molar-refractivity contribution < 1.29 is 19.4 Å². The van der Waals surface area contributed by atoms with Crippen LogP contribution in [-0.4, -0.2) is 49.6 Å². The minimum Gasteiger partial charge on any atom is -0.497 e. The Balaban J connectivity index is 1.78. The lowest BCUT2D eigenvalue weighted by Crippen LogP contribution is -2.33. The summed E-state index contributed by atoms with van der Waals surface area (Å²) in [5.74, 6) is -0.818. The van der Waals surface area contributed by atoms with E-state index >= 15 is 0 Å². The highest BCUT2D eigenvalue weighted by molar-refractivity contribution is 8.26. The molecule has 2 aromatic carbocycles. The summed E-state index contributed by atoms with van der Waals surface area (Å²) in [6.07, 6.45) is 3.53. The van der Waals surface area contributed by atoms with Gasteiger partial charge >= 0.3 is 5.97 Å².